The van der Waals surface area contributed by atoms with Gasteiger partial charge >= 0.3 is 0 Å². The van der Waals surface area contributed by atoms with Gasteiger partial charge in [-0.1, -0.05) is 29.8 Å². The molecule has 0 aliphatic carbocycles. The van der Waals surface area contributed by atoms with Crippen LogP contribution < -0.4 is 10.1 Å². The van der Waals surface area contributed by atoms with Crippen molar-refractivity contribution >= 4 is 22.9 Å². The van der Waals surface area contributed by atoms with Crippen molar-refractivity contribution in [1.82, 2.24) is 0 Å². The van der Waals surface area contributed by atoms with E-state index in [1.165, 1.54) is 0 Å². The second-order valence-electron chi connectivity index (χ2n) is 4.05. The van der Waals surface area contributed by atoms with Crippen molar-refractivity contribution < 1.29 is 4.74 Å². The fourth-order valence-electron chi connectivity index (χ4n) is 1.68. The summed E-state index contributed by atoms with van der Waals surface area (Å²) in [7, 11) is 1.61. The number of allylic oxidation sites excluding steroid dienone is 1. The van der Waals surface area contributed by atoms with Gasteiger partial charge in [-0.3, -0.25) is 0 Å². The van der Waals surface area contributed by atoms with Crippen molar-refractivity contribution in [2.75, 3.05) is 12.4 Å². The second-order valence-corrected chi connectivity index (χ2v) is 4.49. The summed E-state index contributed by atoms with van der Waals surface area (Å²) in [5.74, 6) is 0.758. The van der Waals surface area contributed by atoms with E-state index in [-0.39, 0.29) is 0 Å². The Hall–Kier alpha value is -2.44. The molecule has 0 aliphatic heterocycles. The monoisotopic (exact) mass is 284 g/mol. The number of ether oxygens (including phenoxy) is 1. The van der Waals surface area contributed by atoms with Gasteiger partial charge in [0.15, 0.2) is 0 Å². The summed E-state index contributed by atoms with van der Waals surface area (Å²) in [5, 5.41) is 12.9. The molecule has 0 aromatic heterocycles. The highest BCUT2D eigenvalue weighted by Gasteiger charge is 2.00. The maximum atomic E-state index is 9.21. The second kappa shape index (κ2) is 6.65. The minimum atomic E-state index is 0.532. The highest BCUT2D eigenvalue weighted by molar-refractivity contribution is 6.30. The van der Waals surface area contributed by atoms with Crippen molar-refractivity contribution in [3.63, 3.8) is 0 Å². The Labute approximate surface area is 123 Å². The molecular weight excluding hydrogens is 272 g/mol. The quantitative estimate of drug-likeness (QED) is 0.850. The zero-order chi connectivity index (χ0) is 14.4. The van der Waals surface area contributed by atoms with Gasteiger partial charge in [-0.05, 0) is 29.8 Å². The van der Waals surface area contributed by atoms with Gasteiger partial charge in [0.25, 0.3) is 0 Å². The Balaban J connectivity index is 2.19. The number of nitriles is 1. The number of rotatable bonds is 4. The minimum Gasteiger partial charge on any atom is -0.497 e. The molecule has 100 valence electrons. The number of hydrogen-bond acceptors (Lipinski definition) is 3. The highest BCUT2D eigenvalue weighted by Crippen LogP contribution is 2.20. The Morgan fingerprint density at radius 1 is 1.25 bits per heavy atom. The number of nitrogens with zero attached hydrogens (tertiary/aromatic N) is 1. The predicted octanol–water partition coefficient (Wildman–Crippen LogP) is 4.33. The fraction of sp³-hybridized carbons (Fsp3) is 0.0625. The Morgan fingerprint density at radius 3 is 2.65 bits per heavy atom. The van der Waals surface area contributed by atoms with Gasteiger partial charge in [0.1, 0.15) is 11.8 Å². The van der Waals surface area contributed by atoms with Gasteiger partial charge in [0, 0.05) is 23.0 Å². The average Bonchev–Trinajstić information content (AvgIpc) is 2.50. The van der Waals surface area contributed by atoms with E-state index in [1.807, 2.05) is 36.4 Å². The smallest absolute Gasteiger partial charge is 0.120 e. The van der Waals surface area contributed by atoms with E-state index >= 15 is 0 Å². The van der Waals surface area contributed by atoms with Crippen LogP contribution in [-0.2, 0) is 0 Å². The number of benzene rings is 2. The Bertz CT molecular complexity index is 657. The molecule has 0 radical (unpaired) electrons. The molecule has 4 heteroatoms. The molecule has 2 aromatic rings. The van der Waals surface area contributed by atoms with E-state index in [0.717, 1.165) is 17.0 Å². The molecule has 2 rings (SSSR count). The minimum absolute atomic E-state index is 0.532. The Morgan fingerprint density at radius 2 is 2.00 bits per heavy atom. The molecule has 0 unspecified atom stereocenters. The lowest BCUT2D eigenvalue weighted by atomic mass is 10.1. The molecule has 0 heterocycles. The summed E-state index contributed by atoms with van der Waals surface area (Å²) in [4.78, 5) is 0. The van der Waals surface area contributed by atoms with E-state index < -0.39 is 0 Å². The first kappa shape index (κ1) is 14.0. The number of nitrogens with one attached hydrogen (secondary N) is 1. The standard InChI is InChI=1S/C16H13ClN2O/c1-20-16-4-2-3-15(9-16)19-11-13(10-18)12-5-7-14(17)8-6-12/h2-9,11,19H,1H3. The summed E-state index contributed by atoms with van der Waals surface area (Å²) in [6.07, 6.45) is 1.66. The molecule has 0 spiro atoms. The molecule has 0 fully saturated rings. The molecule has 0 amide bonds. The van der Waals surface area contributed by atoms with E-state index in [1.54, 1.807) is 25.4 Å². The van der Waals surface area contributed by atoms with Gasteiger partial charge in [0.2, 0.25) is 0 Å². The third-order valence-electron chi connectivity index (χ3n) is 2.73. The number of hydrogen-bond donors (Lipinski definition) is 1. The van der Waals surface area contributed by atoms with Crippen LogP contribution in [0.4, 0.5) is 5.69 Å². The summed E-state index contributed by atoms with van der Waals surface area (Å²) in [5.41, 5.74) is 2.20. The first-order valence-corrected chi connectivity index (χ1v) is 6.37. The van der Waals surface area contributed by atoms with Crippen LogP contribution in [0.1, 0.15) is 5.56 Å². The lowest BCUT2D eigenvalue weighted by molar-refractivity contribution is 0.415. The van der Waals surface area contributed by atoms with Gasteiger partial charge < -0.3 is 10.1 Å². The molecule has 0 saturated carbocycles. The first-order chi connectivity index (χ1) is 9.72. The van der Waals surface area contributed by atoms with Crippen LogP contribution in [-0.4, -0.2) is 7.11 Å². The van der Waals surface area contributed by atoms with Crippen LogP contribution in [0.5, 0.6) is 5.75 Å². The number of methoxy groups -OCH3 is 1. The van der Waals surface area contributed by atoms with Crippen LogP contribution in [0.3, 0.4) is 0 Å². The largest absolute Gasteiger partial charge is 0.497 e. The SMILES string of the molecule is COc1cccc(NC=C(C#N)c2ccc(Cl)cc2)c1. The fourth-order valence-corrected chi connectivity index (χ4v) is 1.80. The van der Waals surface area contributed by atoms with Crippen molar-refractivity contribution in [3.8, 4) is 11.8 Å². The molecule has 0 atom stereocenters. The molecule has 20 heavy (non-hydrogen) atoms. The van der Waals surface area contributed by atoms with Gasteiger partial charge in [-0.25, -0.2) is 0 Å². The van der Waals surface area contributed by atoms with Crippen LogP contribution in [0.15, 0.2) is 54.7 Å². The highest BCUT2D eigenvalue weighted by atomic mass is 35.5. The molecule has 0 saturated heterocycles. The zero-order valence-corrected chi connectivity index (χ0v) is 11.7. The number of halogens is 1. The van der Waals surface area contributed by atoms with Gasteiger partial charge in [0.05, 0.1) is 12.7 Å². The molecule has 0 bridgehead atoms. The van der Waals surface area contributed by atoms with E-state index in [2.05, 4.69) is 11.4 Å². The van der Waals surface area contributed by atoms with Crippen LogP contribution >= 0.6 is 11.6 Å². The predicted molar refractivity (Wildman–Crippen MR) is 81.7 cm³/mol. The summed E-state index contributed by atoms with van der Waals surface area (Å²) in [6.45, 7) is 0. The van der Waals surface area contributed by atoms with E-state index in [9.17, 15) is 5.26 Å². The maximum Gasteiger partial charge on any atom is 0.120 e. The molecule has 0 aliphatic rings. The van der Waals surface area contributed by atoms with E-state index in [4.69, 9.17) is 16.3 Å². The summed E-state index contributed by atoms with van der Waals surface area (Å²) in [6, 6.07) is 16.8. The van der Waals surface area contributed by atoms with Crippen molar-refractivity contribution in [2.45, 2.75) is 0 Å². The summed E-state index contributed by atoms with van der Waals surface area (Å²) < 4.78 is 5.15. The van der Waals surface area contributed by atoms with Crippen molar-refractivity contribution in [3.05, 3.63) is 65.3 Å². The third kappa shape index (κ3) is 3.53. The zero-order valence-electron chi connectivity index (χ0n) is 10.9. The molecule has 3 nitrogen and oxygen atoms in total. The topological polar surface area (TPSA) is 45.0 Å². The van der Waals surface area contributed by atoms with Crippen LogP contribution in [0.25, 0.3) is 5.57 Å². The molecular formula is C16H13ClN2O. The van der Waals surface area contributed by atoms with Crippen molar-refractivity contribution in [1.29, 1.82) is 5.26 Å². The lowest BCUT2D eigenvalue weighted by Gasteiger charge is -2.05. The maximum absolute atomic E-state index is 9.21. The normalized spacial score (nSPS) is 10.8. The van der Waals surface area contributed by atoms with Gasteiger partial charge in [-0.2, -0.15) is 5.26 Å². The number of anilines is 1. The Kier molecular flexibility index (Phi) is 4.65. The lowest BCUT2D eigenvalue weighted by Crippen LogP contribution is -1.92. The summed E-state index contributed by atoms with van der Waals surface area (Å²) >= 11 is 5.83. The molecule has 2 aromatic carbocycles. The first-order valence-electron chi connectivity index (χ1n) is 6.00. The van der Waals surface area contributed by atoms with Crippen molar-refractivity contribution in [2.24, 2.45) is 0 Å². The van der Waals surface area contributed by atoms with E-state index in [0.29, 0.717) is 10.6 Å². The average molecular weight is 285 g/mol. The molecule has 1 N–H and O–H groups in total. The van der Waals surface area contributed by atoms with Crippen LogP contribution in [0.2, 0.25) is 5.02 Å². The van der Waals surface area contributed by atoms with Gasteiger partial charge in [-0.15, -0.1) is 0 Å². The van der Waals surface area contributed by atoms with Crippen LogP contribution in [0, 0.1) is 11.3 Å². The third-order valence-corrected chi connectivity index (χ3v) is 2.98.